The van der Waals surface area contributed by atoms with Gasteiger partial charge in [0.25, 0.3) is 0 Å². The number of fused-ring (bicyclic) bond motifs is 2. The summed E-state index contributed by atoms with van der Waals surface area (Å²) >= 11 is 5.42. The van der Waals surface area contributed by atoms with Gasteiger partial charge in [-0.25, -0.2) is 0 Å². The Kier molecular flexibility index (Phi) is 3.84. The molecule has 2 aliphatic carbocycles. The molecule has 0 nitrogen and oxygen atoms in total. The molecule has 1 atom stereocenters. The third-order valence-corrected chi connectivity index (χ3v) is 6.33. The van der Waals surface area contributed by atoms with Gasteiger partial charge in [-0.3, -0.25) is 0 Å². The molecule has 0 radical (unpaired) electrons. The second-order valence-corrected chi connectivity index (χ2v) is 6.72. The fourth-order valence-corrected chi connectivity index (χ4v) is 4.26. The maximum Gasteiger partial charge on any atom is -0.147 e. The van der Waals surface area contributed by atoms with Crippen molar-refractivity contribution >= 4 is 34.4 Å². The van der Waals surface area contributed by atoms with Crippen molar-refractivity contribution < 1.29 is 24.7 Å². The summed E-state index contributed by atoms with van der Waals surface area (Å²) in [5.74, 6) is 0. The van der Waals surface area contributed by atoms with Crippen LogP contribution < -0.4 is 0 Å². The van der Waals surface area contributed by atoms with E-state index in [4.69, 9.17) is 0 Å². The van der Waals surface area contributed by atoms with E-state index in [-0.39, 0.29) is 12.4 Å². The molecule has 0 heterocycles. The summed E-state index contributed by atoms with van der Waals surface area (Å²) in [4.78, 5) is 0. The van der Waals surface area contributed by atoms with Gasteiger partial charge in [-0.1, -0.05) is 0 Å². The molecule has 0 saturated carbocycles. The third kappa shape index (κ3) is 1.82. The zero-order chi connectivity index (χ0) is 10.6. The number of halogens is 2. The minimum atomic E-state index is 0. The van der Waals surface area contributed by atoms with E-state index in [1.165, 1.54) is 34.9 Å². The van der Waals surface area contributed by atoms with Gasteiger partial charge in [-0.05, 0) is 0 Å². The molecule has 1 aromatic carbocycles. The van der Waals surface area contributed by atoms with Crippen LogP contribution in [0.25, 0.3) is 6.08 Å². The van der Waals surface area contributed by atoms with E-state index < -0.39 is 0 Å². The number of hydrogen-bond acceptors (Lipinski definition) is 0. The van der Waals surface area contributed by atoms with Crippen LogP contribution in [-0.4, -0.2) is 0 Å². The molecule has 0 saturated heterocycles. The van der Waals surface area contributed by atoms with Gasteiger partial charge in [0.1, 0.15) is 0 Å². The molecule has 0 bridgehead atoms. The Morgan fingerprint density at radius 2 is 2.12 bits per heavy atom. The van der Waals surface area contributed by atoms with Crippen LogP contribution in [0.15, 0.2) is 16.1 Å². The number of aryl methyl sites for hydroxylation is 1. The molecule has 2 aliphatic rings. The second kappa shape index (κ2) is 4.71. The standard InChI is InChI=1S/C13H12Br.ClH.Zr/c1-8-5-10-7-9-3-2-4-11(9)13(14)12(10)6-8;;/h5-7H,2-4H2,1H3;1H;. The number of benzene rings is 1. The van der Waals surface area contributed by atoms with Crippen LogP contribution in [0.1, 0.15) is 39.2 Å². The zero-order valence-electron chi connectivity index (χ0n) is 9.14. The van der Waals surface area contributed by atoms with Gasteiger partial charge in [-0.15, -0.1) is 12.4 Å². The van der Waals surface area contributed by atoms with Gasteiger partial charge >= 0.3 is 115 Å². The van der Waals surface area contributed by atoms with Crippen molar-refractivity contribution in [1.82, 2.24) is 0 Å². The first-order valence-electron chi connectivity index (χ1n) is 5.42. The fourth-order valence-electron chi connectivity index (χ4n) is 2.67. The first kappa shape index (κ1) is 13.1. The van der Waals surface area contributed by atoms with Gasteiger partial charge in [0, 0.05) is 0 Å². The molecule has 0 amide bonds. The average molecular weight is 376 g/mol. The molecule has 0 aromatic heterocycles. The fraction of sp³-hybridized carbons (Fsp3) is 0.385. The van der Waals surface area contributed by atoms with Crippen LogP contribution in [0.3, 0.4) is 0 Å². The molecular formula is C13H13BrClZr. The Bertz CT molecular complexity index is 479. The molecule has 3 rings (SSSR count). The topological polar surface area (TPSA) is 0 Å². The predicted molar refractivity (Wildman–Crippen MR) is 69.8 cm³/mol. The van der Waals surface area contributed by atoms with Crippen LogP contribution in [0.5, 0.6) is 0 Å². The molecule has 16 heavy (non-hydrogen) atoms. The molecule has 1 unspecified atom stereocenters. The third-order valence-electron chi connectivity index (χ3n) is 3.54. The first-order valence-corrected chi connectivity index (χ1v) is 7.63. The van der Waals surface area contributed by atoms with E-state index >= 15 is 0 Å². The monoisotopic (exact) mass is 373 g/mol. The van der Waals surface area contributed by atoms with E-state index in [0.29, 0.717) is 3.63 Å². The Balaban J connectivity index is 0.000000963. The minimum Gasteiger partial charge on any atom is -0.147 e. The maximum absolute atomic E-state index is 3.80. The number of allylic oxidation sites excluding steroid dienone is 1. The predicted octanol–water partition coefficient (Wildman–Crippen LogP) is 4.36. The van der Waals surface area contributed by atoms with E-state index in [2.05, 4.69) is 35.0 Å². The first-order chi connectivity index (χ1) is 7.18. The molecule has 1 aromatic rings. The molecule has 83 valence electrons. The Morgan fingerprint density at radius 3 is 2.88 bits per heavy atom. The van der Waals surface area contributed by atoms with Gasteiger partial charge in [0.05, 0.1) is 0 Å². The average Bonchev–Trinajstić information content (AvgIpc) is 2.77. The van der Waals surface area contributed by atoms with E-state index in [1.807, 2.05) is 0 Å². The minimum absolute atomic E-state index is 0. The SMILES string of the molecule is CC1=Cc2c(cc3c(c2Br)CCC3)[CH]1[Zr].Cl. The summed E-state index contributed by atoms with van der Waals surface area (Å²) in [5.41, 5.74) is 7.74. The molecule has 0 aliphatic heterocycles. The summed E-state index contributed by atoms with van der Waals surface area (Å²) in [6.07, 6.45) is 6.25. The molecule has 0 fully saturated rings. The summed E-state index contributed by atoms with van der Waals surface area (Å²) < 4.78 is 2.09. The zero-order valence-corrected chi connectivity index (χ0v) is 14.0. The summed E-state index contributed by atoms with van der Waals surface area (Å²) in [5, 5.41) is 0. The summed E-state index contributed by atoms with van der Waals surface area (Å²) in [6.45, 7) is 2.26. The molecule has 0 spiro atoms. The van der Waals surface area contributed by atoms with E-state index in [0.717, 1.165) is 0 Å². The van der Waals surface area contributed by atoms with Crippen LogP contribution in [0, 0.1) is 0 Å². The molecule has 3 heteroatoms. The van der Waals surface area contributed by atoms with Crippen LogP contribution in [0.4, 0.5) is 0 Å². The van der Waals surface area contributed by atoms with E-state index in [1.54, 1.807) is 41.4 Å². The van der Waals surface area contributed by atoms with E-state index in [9.17, 15) is 0 Å². The van der Waals surface area contributed by atoms with Crippen LogP contribution in [-0.2, 0) is 37.6 Å². The van der Waals surface area contributed by atoms with Crippen molar-refractivity contribution in [3.05, 3.63) is 38.4 Å². The van der Waals surface area contributed by atoms with Crippen molar-refractivity contribution in [2.45, 2.75) is 29.8 Å². The van der Waals surface area contributed by atoms with Crippen molar-refractivity contribution in [2.75, 3.05) is 0 Å². The van der Waals surface area contributed by atoms with Crippen molar-refractivity contribution in [2.24, 2.45) is 0 Å². The molecular weight excluding hydrogens is 363 g/mol. The number of hydrogen-bond donors (Lipinski definition) is 0. The van der Waals surface area contributed by atoms with Crippen molar-refractivity contribution in [3.63, 3.8) is 0 Å². The van der Waals surface area contributed by atoms with Gasteiger partial charge in [0.2, 0.25) is 0 Å². The maximum atomic E-state index is 3.80. The Labute approximate surface area is 126 Å². The van der Waals surface area contributed by atoms with Gasteiger partial charge < -0.3 is 0 Å². The quantitative estimate of drug-likeness (QED) is 0.632. The summed E-state index contributed by atoms with van der Waals surface area (Å²) in [7, 11) is 0. The van der Waals surface area contributed by atoms with Gasteiger partial charge in [0.15, 0.2) is 0 Å². The van der Waals surface area contributed by atoms with Gasteiger partial charge in [-0.2, -0.15) is 0 Å². The Morgan fingerprint density at radius 1 is 1.38 bits per heavy atom. The number of rotatable bonds is 0. The van der Waals surface area contributed by atoms with Crippen molar-refractivity contribution in [1.29, 1.82) is 0 Å². The summed E-state index contributed by atoms with van der Waals surface area (Å²) in [6, 6.07) is 2.47. The Hall–Kier alpha value is 0.613. The normalized spacial score (nSPS) is 21.1. The second-order valence-electron chi connectivity index (χ2n) is 4.51. The smallest absolute Gasteiger partial charge is 0.147 e. The largest absolute Gasteiger partial charge is 0.147 e. The van der Waals surface area contributed by atoms with Crippen LogP contribution >= 0.6 is 28.3 Å². The molecule has 0 N–H and O–H groups in total. The van der Waals surface area contributed by atoms with Crippen molar-refractivity contribution in [3.8, 4) is 0 Å². The van der Waals surface area contributed by atoms with Crippen LogP contribution in [0.2, 0.25) is 0 Å².